The van der Waals surface area contributed by atoms with Crippen LogP contribution in [-0.2, 0) is 17.8 Å². The molecule has 3 aromatic rings. The molecule has 0 aliphatic carbocycles. The molecule has 32 heavy (non-hydrogen) atoms. The van der Waals surface area contributed by atoms with Crippen molar-refractivity contribution >= 4 is 23.3 Å². The third-order valence-electron chi connectivity index (χ3n) is 5.89. The van der Waals surface area contributed by atoms with E-state index in [0.717, 1.165) is 41.3 Å². The number of benzene rings is 2. The number of ether oxygens (including phenoxy) is 1. The highest BCUT2D eigenvalue weighted by Crippen LogP contribution is 2.41. The van der Waals surface area contributed by atoms with Gasteiger partial charge in [-0.15, -0.1) is 0 Å². The summed E-state index contributed by atoms with van der Waals surface area (Å²) in [5.74, 6) is 1.55. The van der Waals surface area contributed by atoms with E-state index in [9.17, 15) is 4.79 Å². The minimum absolute atomic E-state index is 0.0460. The number of hydrogen-bond acceptors (Lipinski definition) is 5. The highest BCUT2D eigenvalue weighted by atomic mass is 35.5. The maximum Gasteiger partial charge on any atom is 0.264 e. The number of amides is 1. The molecule has 0 bridgehead atoms. The number of rotatable bonds is 5. The average molecular weight is 449 g/mol. The molecule has 2 aliphatic heterocycles. The van der Waals surface area contributed by atoms with Crippen LogP contribution in [0.15, 0.2) is 60.8 Å². The molecule has 1 atom stereocenters. The van der Waals surface area contributed by atoms with Crippen molar-refractivity contribution in [2.75, 3.05) is 31.5 Å². The van der Waals surface area contributed by atoms with Crippen LogP contribution in [0.25, 0.3) is 11.1 Å². The van der Waals surface area contributed by atoms with E-state index in [0.29, 0.717) is 31.1 Å². The molecule has 0 radical (unpaired) electrons. The standard InChI is InChI=1S/C25H25ClN4O2/c26-20-12-19-13-22(25(31)30-10-8-27-9-11-30)32-24(19)21(15-20)18-6-7-28-23(14-18)29-16-17-4-2-1-3-5-17/h1-7,12,14-15,22,27H,8-11,13,16H2,(H,28,29)/t22-/m0/s1. The summed E-state index contributed by atoms with van der Waals surface area (Å²) in [7, 11) is 0. The minimum Gasteiger partial charge on any atom is -0.479 e. The second kappa shape index (κ2) is 9.18. The van der Waals surface area contributed by atoms with Crippen molar-refractivity contribution in [3.63, 3.8) is 0 Å². The van der Waals surface area contributed by atoms with Crippen molar-refractivity contribution in [1.82, 2.24) is 15.2 Å². The van der Waals surface area contributed by atoms with Gasteiger partial charge in [0.25, 0.3) is 5.91 Å². The topological polar surface area (TPSA) is 66.5 Å². The van der Waals surface area contributed by atoms with Crippen molar-refractivity contribution < 1.29 is 9.53 Å². The molecular formula is C25H25ClN4O2. The lowest BCUT2D eigenvalue weighted by atomic mass is 10.0. The summed E-state index contributed by atoms with van der Waals surface area (Å²) in [6, 6.07) is 17.9. The van der Waals surface area contributed by atoms with Crippen LogP contribution in [0.1, 0.15) is 11.1 Å². The Balaban J connectivity index is 1.37. The maximum atomic E-state index is 13.0. The smallest absolute Gasteiger partial charge is 0.264 e. The molecule has 7 heteroatoms. The first-order chi connectivity index (χ1) is 15.7. The van der Waals surface area contributed by atoms with Gasteiger partial charge >= 0.3 is 0 Å². The molecule has 164 valence electrons. The molecule has 3 heterocycles. The van der Waals surface area contributed by atoms with Gasteiger partial charge < -0.3 is 20.3 Å². The first-order valence-corrected chi connectivity index (χ1v) is 11.3. The summed E-state index contributed by atoms with van der Waals surface area (Å²) >= 11 is 6.44. The number of halogens is 1. The van der Waals surface area contributed by atoms with Crippen LogP contribution in [0.4, 0.5) is 5.82 Å². The Morgan fingerprint density at radius 2 is 1.97 bits per heavy atom. The van der Waals surface area contributed by atoms with Gasteiger partial charge in [-0.25, -0.2) is 4.98 Å². The second-order valence-electron chi connectivity index (χ2n) is 8.10. The number of aromatic nitrogens is 1. The highest BCUT2D eigenvalue weighted by Gasteiger charge is 2.34. The maximum absolute atomic E-state index is 13.0. The fourth-order valence-electron chi connectivity index (χ4n) is 4.25. The van der Waals surface area contributed by atoms with Gasteiger partial charge in [0.2, 0.25) is 0 Å². The average Bonchev–Trinajstić information content (AvgIpc) is 3.27. The predicted octanol–water partition coefficient (Wildman–Crippen LogP) is 3.75. The fraction of sp³-hybridized carbons (Fsp3) is 0.280. The number of nitrogens with zero attached hydrogens (tertiary/aromatic N) is 2. The zero-order valence-electron chi connectivity index (χ0n) is 17.7. The van der Waals surface area contributed by atoms with E-state index in [1.807, 2.05) is 47.4 Å². The number of fused-ring (bicyclic) bond motifs is 1. The van der Waals surface area contributed by atoms with Crippen molar-refractivity contribution in [2.45, 2.75) is 19.1 Å². The van der Waals surface area contributed by atoms with Crippen LogP contribution in [0.5, 0.6) is 5.75 Å². The van der Waals surface area contributed by atoms with Crippen LogP contribution in [0.2, 0.25) is 5.02 Å². The molecule has 1 fully saturated rings. The van der Waals surface area contributed by atoms with Gasteiger partial charge in [-0.2, -0.15) is 0 Å². The molecule has 0 unspecified atom stereocenters. The summed E-state index contributed by atoms with van der Waals surface area (Å²) in [6.45, 7) is 3.74. The fourth-order valence-corrected chi connectivity index (χ4v) is 4.49. The summed E-state index contributed by atoms with van der Waals surface area (Å²) in [4.78, 5) is 19.3. The molecule has 1 saturated heterocycles. The highest BCUT2D eigenvalue weighted by molar-refractivity contribution is 6.31. The summed E-state index contributed by atoms with van der Waals surface area (Å²) in [5, 5.41) is 7.28. The lowest BCUT2D eigenvalue weighted by molar-refractivity contribution is -0.138. The van der Waals surface area contributed by atoms with Crippen LogP contribution >= 0.6 is 11.6 Å². The quantitative estimate of drug-likeness (QED) is 0.622. The van der Waals surface area contributed by atoms with Gasteiger partial charge in [0, 0.05) is 61.5 Å². The van der Waals surface area contributed by atoms with Gasteiger partial charge in [-0.05, 0) is 35.4 Å². The zero-order valence-corrected chi connectivity index (χ0v) is 18.4. The Hall–Kier alpha value is -3.09. The Morgan fingerprint density at radius 1 is 1.16 bits per heavy atom. The van der Waals surface area contributed by atoms with Gasteiger partial charge in [-0.3, -0.25) is 4.79 Å². The van der Waals surface area contributed by atoms with Gasteiger partial charge in [0.05, 0.1) is 0 Å². The molecule has 1 aromatic heterocycles. The second-order valence-corrected chi connectivity index (χ2v) is 8.53. The SMILES string of the molecule is O=C([C@@H]1Cc2cc(Cl)cc(-c3ccnc(NCc4ccccc4)c3)c2O1)N1CCNCC1. The number of carbonyl (C=O) groups excluding carboxylic acids is 1. The third-order valence-corrected chi connectivity index (χ3v) is 6.11. The predicted molar refractivity (Wildman–Crippen MR) is 126 cm³/mol. The van der Waals surface area contributed by atoms with E-state index >= 15 is 0 Å². The molecular weight excluding hydrogens is 424 g/mol. The molecule has 0 saturated carbocycles. The van der Waals surface area contributed by atoms with Crippen molar-refractivity contribution in [3.8, 4) is 16.9 Å². The number of hydrogen-bond donors (Lipinski definition) is 2. The number of carbonyl (C=O) groups is 1. The first-order valence-electron chi connectivity index (χ1n) is 10.9. The Bertz CT molecular complexity index is 1120. The number of nitrogens with one attached hydrogen (secondary N) is 2. The van der Waals surface area contributed by atoms with E-state index in [1.54, 1.807) is 6.20 Å². The molecule has 2 aromatic carbocycles. The molecule has 2 N–H and O–H groups in total. The number of pyridine rings is 1. The minimum atomic E-state index is -0.502. The Labute approximate surface area is 192 Å². The molecule has 6 nitrogen and oxygen atoms in total. The zero-order chi connectivity index (χ0) is 21.9. The van der Waals surface area contributed by atoms with E-state index in [1.165, 1.54) is 5.56 Å². The van der Waals surface area contributed by atoms with E-state index in [-0.39, 0.29) is 5.91 Å². The van der Waals surface area contributed by atoms with E-state index < -0.39 is 6.10 Å². The van der Waals surface area contributed by atoms with Crippen molar-refractivity contribution in [1.29, 1.82) is 0 Å². The van der Waals surface area contributed by atoms with Crippen molar-refractivity contribution in [2.24, 2.45) is 0 Å². The third kappa shape index (κ3) is 4.42. The molecule has 1 amide bonds. The summed E-state index contributed by atoms with van der Waals surface area (Å²) in [6.07, 6.45) is 1.81. The Morgan fingerprint density at radius 3 is 2.78 bits per heavy atom. The lowest BCUT2D eigenvalue weighted by Crippen LogP contribution is -2.50. The molecule has 2 aliphatic rings. The first kappa shape index (κ1) is 20.8. The Kier molecular flexibility index (Phi) is 5.97. The van der Waals surface area contributed by atoms with Crippen molar-refractivity contribution in [3.05, 3.63) is 76.9 Å². The normalized spacial score (nSPS) is 17.5. The number of piperazine rings is 1. The largest absolute Gasteiger partial charge is 0.479 e. The van der Waals surface area contributed by atoms with E-state index in [2.05, 4.69) is 27.8 Å². The lowest BCUT2D eigenvalue weighted by Gasteiger charge is -2.29. The summed E-state index contributed by atoms with van der Waals surface area (Å²) in [5.41, 5.74) is 3.98. The van der Waals surface area contributed by atoms with Gasteiger partial charge in [0.15, 0.2) is 6.10 Å². The monoisotopic (exact) mass is 448 g/mol. The summed E-state index contributed by atoms with van der Waals surface area (Å²) < 4.78 is 6.22. The van der Waals surface area contributed by atoms with E-state index in [4.69, 9.17) is 16.3 Å². The van der Waals surface area contributed by atoms with Crippen LogP contribution < -0.4 is 15.4 Å². The number of anilines is 1. The van der Waals surface area contributed by atoms with Crippen LogP contribution in [0.3, 0.4) is 0 Å². The van der Waals surface area contributed by atoms with Gasteiger partial charge in [-0.1, -0.05) is 41.9 Å². The van der Waals surface area contributed by atoms with Crippen LogP contribution in [-0.4, -0.2) is 48.1 Å². The molecule has 0 spiro atoms. The van der Waals surface area contributed by atoms with Crippen LogP contribution in [0, 0.1) is 0 Å². The molecule has 5 rings (SSSR count). The van der Waals surface area contributed by atoms with Gasteiger partial charge in [0.1, 0.15) is 11.6 Å².